The van der Waals surface area contributed by atoms with Crippen LogP contribution in [0, 0.1) is 0 Å². The van der Waals surface area contributed by atoms with Crippen LogP contribution < -0.4 is 10.2 Å². The van der Waals surface area contributed by atoms with Crippen molar-refractivity contribution in [3.63, 3.8) is 0 Å². The number of anilines is 2. The van der Waals surface area contributed by atoms with Gasteiger partial charge in [-0.05, 0) is 55.0 Å². The molecule has 2 heterocycles. The number of likely N-dealkylation sites (tertiary alicyclic amines) is 1. The number of amides is 2. The highest BCUT2D eigenvalue weighted by atomic mass is 16.2. The van der Waals surface area contributed by atoms with Gasteiger partial charge >= 0.3 is 0 Å². The van der Waals surface area contributed by atoms with Crippen LogP contribution in [0.4, 0.5) is 11.4 Å². The summed E-state index contributed by atoms with van der Waals surface area (Å²) in [6.07, 6.45) is 4.20. The molecule has 1 atom stereocenters. The molecule has 5 heteroatoms. The van der Waals surface area contributed by atoms with Crippen molar-refractivity contribution in [1.82, 2.24) is 4.90 Å². The van der Waals surface area contributed by atoms with Crippen molar-refractivity contribution >= 4 is 23.2 Å². The van der Waals surface area contributed by atoms with E-state index in [4.69, 9.17) is 0 Å². The number of rotatable bonds is 4. The third-order valence-corrected chi connectivity index (χ3v) is 5.71. The fourth-order valence-corrected chi connectivity index (χ4v) is 4.22. The molecule has 4 rings (SSSR count). The topological polar surface area (TPSA) is 52.7 Å². The molecule has 28 heavy (non-hydrogen) atoms. The maximum Gasteiger partial charge on any atom is 0.249 e. The molecule has 0 aliphatic carbocycles. The lowest BCUT2D eigenvalue weighted by atomic mass is 10.0. The predicted molar refractivity (Wildman–Crippen MR) is 111 cm³/mol. The van der Waals surface area contributed by atoms with Gasteiger partial charge in [-0.1, -0.05) is 30.3 Å². The first kappa shape index (κ1) is 18.5. The SMILES string of the molecule is CC(=O)N1CCc2cc(N[C@H](C(=O)N3CCCCC3)c3ccccc3)ccc21. The van der Waals surface area contributed by atoms with E-state index in [1.54, 1.807) is 6.92 Å². The zero-order valence-electron chi connectivity index (χ0n) is 16.4. The summed E-state index contributed by atoms with van der Waals surface area (Å²) >= 11 is 0. The highest BCUT2D eigenvalue weighted by Crippen LogP contribution is 2.32. The van der Waals surface area contributed by atoms with Crippen LogP contribution in [-0.2, 0) is 16.0 Å². The maximum atomic E-state index is 13.3. The predicted octanol–water partition coefficient (Wildman–Crippen LogP) is 3.76. The number of nitrogens with zero attached hydrogens (tertiary/aromatic N) is 2. The molecule has 146 valence electrons. The number of carbonyl (C=O) groups is 2. The van der Waals surface area contributed by atoms with Crippen LogP contribution in [0.1, 0.15) is 43.4 Å². The minimum atomic E-state index is -0.400. The van der Waals surface area contributed by atoms with Crippen LogP contribution in [0.25, 0.3) is 0 Å². The van der Waals surface area contributed by atoms with Crippen molar-refractivity contribution in [2.75, 3.05) is 29.9 Å². The van der Waals surface area contributed by atoms with Crippen LogP contribution in [0.3, 0.4) is 0 Å². The normalized spacial score (nSPS) is 17.2. The molecule has 0 unspecified atom stereocenters. The van der Waals surface area contributed by atoms with Crippen molar-refractivity contribution in [3.8, 4) is 0 Å². The summed E-state index contributed by atoms with van der Waals surface area (Å²) < 4.78 is 0. The number of benzene rings is 2. The zero-order chi connectivity index (χ0) is 19.5. The Labute approximate surface area is 166 Å². The number of hydrogen-bond donors (Lipinski definition) is 1. The minimum absolute atomic E-state index is 0.0712. The summed E-state index contributed by atoms with van der Waals surface area (Å²) in [7, 11) is 0. The third-order valence-electron chi connectivity index (χ3n) is 5.71. The summed E-state index contributed by atoms with van der Waals surface area (Å²) in [4.78, 5) is 28.9. The van der Waals surface area contributed by atoms with E-state index < -0.39 is 6.04 Å². The molecule has 1 fully saturated rings. The lowest BCUT2D eigenvalue weighted by molar-refractivity contribution is -0.133. The summed E-state index contributed by atoms with van der Waals surface area (Å²) in [5.74, 6) is 0.207. The molecule has 2 aromatic carbocycles. The Bertz CT molecular complexity index is 859. The van der Waals surface area contributed by atoms with Crippen LogP contribution in [0.15, 0.2) is 48.5 Å². The van der Waals surface area contributed by atoms with Crippen LogP contribution >= 0.6 is 0 Å². The third kappa shape index (κ3) is 3.75. The van der Waals surface area contributed by atoms with E-state index in [1.165, 1.54) is 6.42 Å². The number of fused-ring (bicyclic) bond motifs is 1. The Morgan fingerprint density at radius 3 is 2.43 bits per heavy atom. The van der Waals surface area contributed by atoms with Gasteiger partial charge in [0, 0.05) is 37.9 Å². The van der Waals surface area contributed by atoms with Crippen molar-refractivity contribution in [3.05, 3.63) is 59.7 Å². The lowest BCUT2D eigenvalue weighted by Crippen LogP contribution is -2.41. The Balaban J connectivity index is 1.59. The van der Waals surface area contributed by atoms with E-state index in [0.29, 0.717) is 0 Å². The highest BCUT2D eigenvalue weighted by Gasteiger charge is 2.28. The standard InChI is InChI=1S/C23H27N3O2/c1-17(27)26-15-12-19-16-20(10-11-21(19)26)24-22(18-8-4-2-5-9-18)23(28)25-13-6-3-7-14-25/h2,4-5,8-11,16,22,24H,3,6-7,12-15H2,1H3/t22-/m0/s1. The fourth-order valence-electron chi connectivity index (χ4n) is 4.22. The van der Waals surface area contributed by atoms with Crippen LogP contribution in [-0.4, -0.2) is 36.3 Å². The second-order valence-corrected chi connectivity index (χ2v) is 7.64. The second-order valence-electron chi connectivity index (χ2n) is 7.64. The molecule has 0 bridgehead atoms. The number of hydrogen-bond acceptors (Lipinski definition) is 3. The highest BCUT2D eigenvalue weighted by molar-refractivity contribution is 5.94. The van der Waals surface area contributed by atoms with E-state index in [2.05, 4.69) is 11.4 Å². The van der Waals surface area contributed by atoms with Gasteiger partial charge in [0.05, 0.1) is 0 Å². The summed E-state index contributed by atoms with van der Waals surface area (Å²) in [5, 5.41) is 3.47. The first-order chi connectivity index (χ1) is 13.6. The van der Waals surface area contributed by atoms with Crippen molar-refractivity contribution < 1.29 is 9.59 Å². The first-order valence-corrected chi connectivity index (χ1v) is 10.1. The van der Waals surface area contributed by atoms with Gasteiger partial charge in [0.15, 0.2) is 0 Å². The number of piperidine rings is 1. The number of carbonyl (C=O) groups excluding carboxylic acids is 2. The lowest BCUT2D eigenvalue weighted by Gasteiger charge is -2.31. The minimum Gasteiger partial charge on any atom is -0.370 e. The van der Waals surface area contributed by atoms with Crippen molar-refractivity contribution in [2.45, 2.75) is 38.6 Å². The van der Waals surface area contributed by atoms with Crippen molar-refractivity contribution in [2.24, 2.45) is 0 Å². The Hall–Kier alpha value is -2.82. The summed E-state index contributed by atoms with van der Waals surface area (Å²) in [5.41, 5.74) is 4.03. The zero-order valence-corrected chi connectivity index (χ0v) is 16.4. The van der Waals surface area contributed by atoms with Crippen LogP contribution in [0.5, 0.6) is 0 Å². The van der Waals surface area contributed by atoms with E-state index >= 15 is 0 Å². The Morgan fingerprint density at radius 1 is 0.964 bits per heavy atom. The maximum absolute atomic E-state index is 13.3. The monoisotopic (exact) mass is 377 g/mol. The quantitative estimate of drug-likeness (QED) is 0.883. The van der Waals surface area contributed by atoms with Gasteiger partial charge in [-0.15, -0.1) is 0 Å². The van der Waals surface area contributed by atoms with Gasteiger partial charge in [0.2, 0.25) is 11.8 Å². The molecular formula is C23H27N3O2. The molecule has 0 spiro atoms. The average molecular weight is 377 g/mol. The Kier molecular flexibility index (Phi) is 5.33. The second kappa shape index (κ2) is 8.05. The molecule has 0 aromatic heterocycles. The number of nitrogens with one attached hydrogen (secondary N) is 1. The molecule has 5 nitrogen and oxygen atoms in total. The molecule has 0 saturated carbocycles. The molecule has 0 radical (unpaired) electrons. The molecule has 2 aromatic rings. The molecule has 2 amide bonds. The van der Waals surface area contributed by atoms with Crippen molar-refractivity contribution in [1.29, 1.82) is 0 Å². The largest absolute Gasteiger partial charge is 0.370 e. The van der Waals surface area contributed by atoms with Crippen LogP contribution in [0.2, 0.25) is 0 Å². The van der Waals surface area contributed by atoms with E-state index in [1.807, 2.05) is 52.3 Å². The average Bonchev–Trinajstić information content (AvgIpc) is 3.16. The Morgan fingerprint density at radius 2 is 1.71 bits per heavy atom. The molecule has 2 aliphatic rings. The first-order valence-electron chi connectivity index (χ1n) is 10.1. The van der Waals surface area contributed by atoms with Gasteiger partial charge in [0.1, 0.15) is 6.04 Å². The summed E-state index contributed by atoms with van der Waals surface area (Å²) in [6.45, 7) is 4.00. The van der Waals surface area contributed by atoms with E-state index in [9.17, 15) is 9.59 Å². The smallest absolute Gasteiger partial charge is 0.249 e. The van der Waals surface area contributed by atoms with E-state index in [0.717, 1.165) is 61.4 Å². The summed E-state index contributed by atoms with van der Waals surface area (Å²) in [6, 6.07) is 15.6. The van der Waals surface area contributed by atoms with Gasteiger partial charge in [-0.25, -0.2) is 0 Å². The molecular weight excluding hydrogens is 350 g/mol. The molecule has 2 aliphatic heterocycles. The van der Waals surface area contributed by atoms with Gasteiger partial charge < -0.3 is 15.1 Å². The van der Waals surface area contributed by atoms with Gasteiger partial charge in [-0.2, -0.15) is 0 Å². The van der Waals surface area contributed by atoms with Gasteiger partial charge in [0.25, 0.3) is 0 Å². The van der Waals surface area contributed by atoms with Gasteiger partial charge in [-0.3, -0.25) is 9.59 Å². The molecule has 1 saturated heterocycles. The molecule has 1 N–H and O–H groups in total. The fraction of sp³-hybridized carbons (Fsp3) is 0.391. The van der Waals surface area contributed by atoms with E-state index in [-0.39, 0.29) is 11.8 Å².